The van der Waals surface area contributed by atoms with Crippen molar-refractivity contribution in [1.82, 2.24) is 10.2 Å². The summed E-state index contributed by atoms with van der Waals surface area (Å²) in [4.78, 5) is 14.3. The van der Waals surface area contributed by atoms with E-state index in [0.717, 1.165) is 30.9 Å². The minimum absolute atomic E-state index is 0.110. The zero-order valence-electron chi connectivity index (χ0n) is 12.3. The Morgan fingerprint density at radius 1 is 1.35 bits per heavy atom. The van der Waals surface area contributed by atoms with Gasteiger partial charge in [-0.05, 0) is 50.9 Å². The van der Waals surface area contributed by atoms with Gasteiger partial charge in [0.1, 0.15) is 0 Å². The van der Waals surface area contributed by atoms with Crippen LogP contribution in [0, 0.1) is 0 Å². The van der Waals surface area contributed by atoms with E-state index in [-0.39, 0.29) is 5.91 Å². The molecule has 3 N–H and O–H groups in total. The zero-order chi connectivity index (χ0) is 14.4. The van der Waals surface area contributed by atoms with Crippen LogP contribution >= 0.6 is 0 Å². The maximum Gasteiger partial charge on any atom is 0.220 e. The lowest BCUT2D eigenvalue weighted by atomic mass is 10.1. The molecule has 0 saturated carbocycles. The number of likely N-dealkylation sites (tertiary alicyclic amines) is 1. The highest BCUT2D eigenvalue weighted by atomic mass is 16.1. The second-order valence-corrected chi connectivity index (χ2v) is 5.59. The highest BCUT2D eigenvalue weighted by Gasteiger charge is 2.18. The molecule has 110 valence electrons. The molecule has 0 aromatic heterocycles. The van der Waals surface area contributed by atoms with Crippen molar-refractivity contribution in [1.29, 1.82) is 0 Å². The van der Waals surface area contributed by atoms with E-state index >= 15 is 0 Å². The van der Waals surface area contributed by atoms with Crippen LogP contribution in [0.2, 0.25) is 0 Å². The van der Waals surface area contributed by atoms with Crippen molar-refractivity contribution in [2.45, 2.75) is 38.6 Å². The fourth-order valence-electron chi connectivity index (χ4n) is 2.67. The molecule has 1 fully saturated rings. The fourth-order valence-corrected chi connectivity index (χ4v) is 2.67. The topological polar surface area (TPSA) is 58.4 Å². The SMILES string of the molecule is CC(CNC(=O)CCc1ccccc1N)N1CCCC1. The summed E-state index contributed by atoms with van der Waals surface area (Å²) in [6, 6.07) is 8.16. The minimum Gasteiger partial charge on any atom is -0.399 e. The third-order valence-corrected chi connectivity index (χ3v) is 4.04. The van der Waals surface area contributed by atoms with Crippen LogP contribution in [-0.2, 0) is 11.2 Å². The fraction of sp³-hybridized carbons (Fsp3) is 0.562. The smallest absolute Gasteiger partial charge is 0.220 e. The van der Waals surface area contributed by atoms with Crippen molar-refractivity contribution in [3.63, 3.8) is 0 Å². The standard InChI is InChI=1S/C16H25N3O/c1-13(19-10-4-5-11-19)12-18-16(20)9-8-14-6-2-3-7-15(14)17/h2-3,6-7,13H,4-5,8-12,17H2,1H3,(H,18,20). The lowest BCUT2D eigenvalue weighted by Gasteiger charge is -2.23. The molecule has 1 heterocycles. The molecule has 2 rings (SSSR count). The number of para-hydroxylation sites is 1. The molecule has 1 aromatic rings. The van der Waals surface area contributed by atoms with Gasteiger partial charge in [0.15, 0.2) is 0 Å². The van der Waals surface area contributed by atoms with Crippen LogP contribution in [0.1, 0.15) is 31.7 Å². The van der Waals surface area contributed by atoms with E-state index in [2.05, 4.69) is 17.1 Å². The number of anilines is 1. The van der Waals surface area contributed by atoms with Crippen molar-refractivity contribution in [2.24, 2.45) is 0 Å². The van der Waals surface area contributed by atoms with E-state index in [4.69, 9.17) is 5.73 Å². The average molecular weight is 275 g/mol. The number of benzene rings is 1. The number of nitrogens with one attached hydrogen (secondary N) is 1. The first-order valence-electron chi connectivity index (χ1n) is 7.51. The molecule has 0 aliphatic carbocycles. The van der Waals surface area contributed by atoms with Gasteiger partial charge in [-0.3, -0.25) is 9.69 Å². The third-order valence-electron chi connectivity index (χ3n) is 4.04. The highest BCUT2D eigenvalue weighted by molar-refractivity contribution is 5.76. The summed E-state index contributed by atoms with van der Waals surface area (Å²) in [5.41, 5.74) is 7.69. The average Bonchev–Trinajstić information content (AvgIpc) is 2.98. The molecular weight excluding hydrogens is 250 g/mol. The summed E-state index contributed by atoms with van der Waals surface area (Å²) in [5, 5.41) is 3.03. The molecule has 1 saturated heterocycles. The maximum absolute atomic E-state index is 11.9. The number of aryl methyl sites for hydroxylation is 1. The zero-order valence-corrected chi connectivity index (χ0v) is 12.3. The number of rotatable bonds is 6. The van der Waals surface area contributed by atoms with Crippen LogP contribution in [0.5, 0.6) is 0 Å². The third kappa shape index (κ3) is 4.23. The van der Waals surface area contributed by atoms with Gasteiger partial charge in [0.05, 0.1) is 0 Å². The van der Waals surface area contributed by atoms with Crippen LogP contribution in [0.25, 0.3) is 0 Å². The Morgan fingerprint density at radius 3 is 2.75 bits per heavy atom. The van der Waals surface area contributed by atoms with Gasteiger partial charge in [-0.1, -0.05) is 18.2 Å². The van der Waals surface area contributed by atoms with Gasteiger partial charge >= 0.3 is 0 Å². The minimum atomic E-state index is 0.110. The van der Waals surface area contributed by atoms with Crippen LogP contribution in [0.15, 0.2) is 24.3 Å². The van der Waals surface area contributed by atoms with Crippen molar-refractivity contribution < 1.29 is 4.79 Å². The quantitative estimate of drug-likeness (QED) is 0.778. The Hall–Kier alpha value is -1.55. The molecule has 1 amide bonds. The molecule has 20 heavy (non-hydrogen) atoms. The predicted octanol–water partition coefficient (Wildman–Crippen LogP) is 1.80. The van der Waals surface area contributed by atoms with E-state index in [0.29, 0.717) is 18.9 Å². The first-order valence-corrected chi connectivity index (χ1v) is 7.51. The van der Waals surface area contributed by atoms with E-state index in [1.807, 2.05) is 24.3 Å². The molecule has 4 heteroatoms. The molecule has 1 aromatic carbocycles. The molecule has 4 nitrogen and oxygen atoms in total. The number of nitrogens with two attached hydrogens (primary N) is 1. The number of nitrogen functional groups attached to an aromatic ring is 1. The largest absolute Gasteiger partial charge is 0.399 e. The van der Waals surface area contributed by atoms with Gasteiger partial charge in [0, 0.05) is 24.7 Å². The maximum atomic E-state index is 11.9. The molecule has 1 aliphatic rings. The molecule has 1 atom stereocenters. The Bertz CT molecular complexity index is 441. The molecule has 1 unspecified atom stereocenters. The Morgan fingerprint density at radius 2 is 2.05 bits per heavy atom. The lowest BCUT2D eigenvalue weighted by Crippen LogP contribution is -2.40. The molecule has 0 spiro atoms. The van der Waals surface area contributed by atoms with Crippen LogP contribution in [0.3, 0.4) is 0 Å². The van der Waals surface area contributed by atoms with E-state index < -0.39 is 0 Å². The second kappa shape index (κ2) is 7.29. The highest BCUT2D eigenvalue weighted by Crippen LogP contribution is 2.13. The van der Waals surface area contributed by atoms with Gasteiger partial charge in [-0.25, -0.2) is 0 Å². The van der Waals surface area contributed by atoms with Gasteiger partial charge < -0.3 is 11.1 Å². The molecular formula is C16H25N3O. The summed E-state index contributed by atoms with van der Waals surface area (Å²) in [6.45, 7) is 5.25. The number of hydrogen-bond acceptors (Lipinski definition) is 3. The summed E-state index contributed by atoms with van der Waals surface area (Å²) in [6.07, 6.45) is 3.77. The van der Waals surface area contributed by atoms with Crippen LogP contribution < -0.4 is 11.1 Å². The lowest BCUT2D eigenvalue weighted by molar-refractivity contribution is -0.121. The van der Waals surface area contributed by atoms with Crippen molar-refractivity contribution in [3.8, 4) is 0 Å². The van der Waals surface area contributed by atoms with Crippen LogP contribution in [-0.4, -0.2) is 36.5 Å². The van der Waals surface area contributed by atoms with Crippen molar-refractivity contribution in [2.75, 3.05) is 25.4 Å². The van der Waals surface area contributed by atoms with Crippen molar-refractivity contribution in [3.05, 3.63) is 29.8 Å². The molecule has 0 radical (unpaired) electrons. The van der Waals surface area contributed by atoms with Gasteiger partial charge in [-0.2, -0.15) is 0 Å². The normalized spacial score (nSPS) is 17.1. The van der Waals surface area contributed by atoms with Crippen LogP contribution in [0.4, 0.5) is 5.69 Å². The Balaban J connectivity index is 1.69. The summed E-state index contributed by atoms with van der Waals surface area (Å²) in [7, 11) is 0. The summed E-state index contributed by atoms with van der Waals surface area (Å²) in [5.74, 6) is 0.110. The number of hydrogen-bond donors (Lipinski definition) is 2. The second-order valence-electron chi connectivity index (χ2n) is 5.59. The molecule has 0 bridgehead atoms. The van der Waals surface area contributed by atoms with Crippen molar-refractivity contribution >= 4 is 11.6 Å². The Kier molecular flexibility index (Phi) is 5.41. The summed E-state index contributed by atoms with van der Waals surface area (Å²) < 4.78 is 0. The first-order chi connectivity index (χ1) is 9.66. The van der Waals surface area contributed by atoms with Gasteiger partial charge in [-0.15, -0.1) is 0 Å². The number of carbonyl (C=O) groups excluding carboxylic acids is 1. The Labute approximate surface area is 121 Å². The molecule has 1 aliphatic heterocycles. The first kappa shape index (κ1) is 14.9. The summed E-state index contributed by atoms with van der Waals surface area (Å²) >= 11 is 0. The monoisotopic (exact) mass is 275 g/mol. The number of nitrogens with zero attached hydrogens (tertiary/aromatic N) is 1. The van der Waals surface area contributed by atoms with E-state index in [1.54, 1.807) is 0 Å². The van der Waals surface area contributed by atoms with E-state index in [1.165, 1.54) is 12.8 Å². The van der Waals surface area contributed by atoms with Gasteiger partial charge in [0.25, 0.3) is 0 Å². The number of amides is 1. The van der Waals surface area contributed by atoms with E-state index in [9.17, 15) is 4.79 Å². The van der Waals surface area contributed by atoms with Gasteiger partial charge in [0.2, 0.25) is 5.91 Å². The number of carbonyl (C=O) groups is 1. The predicted molar refractivity (Wildman–Crippen MR) is 82.5 cm³/mol.